The molecule has 1 fully saturated rings. The van der Waals surface area contributed by atoms with Crippen LogP contribution in [0.4, 0.5) is 5.69 Å². The molecule has 0 aliphatic carbocycles. The average molecular weight is 636 g/mol. The van der Waals surface area contributed by atoms with E-state index in [1.165, 1.54) is 19.3 Å². The molecule has 2 atom stereocenters. The highest BCUT2D eigenvalue weighted by molar-refractivity contribution is 6.39. The SMILES string of the molecule is COc1nc(-c2cccc(-c3cccc(NC(=O)c4ccnn(C)c4=O)c3Cl)c2Cl)cc2c1[C@H](NC[C@@H]1CCC(=O)N1)CO2. The summed E-state index contributed by atoms with van der Waals surface area (Å²) in [6.45, 7) is 1.00. The molecule has 2 aliphatic rings. The van der Waals surface area contributed by atoms with Gasteiger partial charge in [0.15, 0.2) is 0 Å². The number of nitrogens with zero attached hydrogens (tertiary/aromatic N) is 3. The number of ether oxygens (including phenoxy) is 2. The molecule has 0 unspecified atom stereocenters. The second-order valence-corrected chi connectivity index (χ2v) is 11.2. The number of halogens is 2. The second kappa shape index (κ2) is 12.3. The van der Waals surface area contributed by atoms with Crippen LogP contribution in [0.25, 0.3) is 22.4 Å². The van der Waals surface area contributed by atoms with Crippen LogP contribution in [-0.2, 0) is 11.8 Å². The van der Waals surface area contributed by atoms with Crippen LogP contribution in [0.3, 0.4) is 0 Å². The smallest absolute Gasteiger partial charge is 0.279 e. The molecule has 6 rings (SSSR count). The largest absolute Gasteiger partial charge is 0.491 e. The van der Waals surface area contributed by atoms with Gasteiger partial charge in [-0.25, -0.2) is 9.67 Å². The summed E-state index contributed by atoms with van der Waals surface area (Å²) in [4.78, 5) is 41.6. The lowest BCUT2D eigenvalue weighted by Crippen LogP contribution is -2.37. The van der Waals surface area contributed by atoms with Crippen molar-refractivity contribution >= 4 is 40.7 Å². The molecule has 0 saturated carbocycles. The zero-order valence-corrected chi connectivity index (χ0v) is 25.3. The van der Waals surface area contributed by atoms with Crippen molar-refractivity contribution < 1.29 is 19.1 Å². The molecule has 13 heteroatoms. The Morgan fingerprint density at radius 3 is 2.61 bits per heavy atom. The first-order valence-electron chi connectivity index (χ1n) is 13.9. The average Bonchev–Trinajstić information content (AvgIpc) is 3.63. The number of aromatic nitrogens is 3. The molecule has 0 radical (unpaired) electrons. The molecule has 4 aromatic rings. The van der Waals surface area contributed by atoms with Crippen LogP contribution in [0, 0.1) is 0 Å². The molecular weight excluding hydrogens is 607 g/mol. The van der Waals surface area contributed by atoms with Crippen molar-refractivity contribution in [3.63, 3.8) is 0 Å². The molecule has 2 aromatic heterocycles. The van der Waals surface area contributed by atoms with E-state index in [4.69, 9.17) is 37.7 Å². The van der Waals surface area contributed by atoms with Crippen LogP contribution in [0.5, 0.6) is 11.6 Å². The number of hydrogen-bond donors (Lipinski definition) is 3. The standard InChI is InChI=1S/C31H28Cl2N6O5/c1-39-31(42)20(11-12-35-39)29(41)37-21-8-4-6-18(28(21)33)17-5-3-7-19(27(17)32)22-13-24-26(30(38-22)43-2)23(15-44-24)34-14-16-9-10-25(40)36-16/h3-8,11-13,16,23,34H,9-10,14-15H2,1-2H3,(H,36,40)(H,37,41)/t16-,23+/m0/s1. The van der Waals surface area contributed by atoms with E-state index in [1.807, 2.05) is 24.3 Å². The van der Waals surface area contributed by atoms with Crippen LogP contribution in [-0.4, -0.2) is 52.9 Å². The highest BCUT2D eigenvalue weighted by Crippen LogP contribution is 2.45. The molecule has 226 valence electrons. The maximum absolute atomic E-state index is 12.9. The van der Waals surface area contributed by atoms with Crippen LogP contribution in [0.1, 0.15) is 34.8 Å². The van der Waals surface area contributed by atoms with Gasteiger partial charge in [-0.2, -0.15) is 5.10 Å². The van der Waals surface area contributed by atoms with Gasteiger partial charge in [-0.15, -0.1) is 0 Å². The van der Waals surface area contributed by atoms with Crippen LogP contribution in [0.15, 0.2) is 59.5 Å². The number of fused-ring (bicyclic) bond motifs is 1. The molecular formula is C31H28Cl2N6O5. The van der Waals surface area contributed by atoms with Crippen LogP contribution < -0.4 is 31.0 Å². The number of carbonyl (C=O) groups excluding carboxylic acids is 2. The Morgan fingerprint density at radius 1 is 1.11 bits per heavy atom. The predicted octanol–water partition coefficient (Wildman–Crippen LogP) is 4.38. The molecule has 11 nitrogen and oxygen atoms in total. The topological polar surface area (TPSA) is 136 Å². The fraction of sp³-hybridized carbons (Fsp3) is 0.258. The van der Waals surface area contributed by atoms with E-state index in [2.05, 4.69) is 21.0 Å². The number of hydrogen-bond acceptors (Lipinski definition) is 8. The minimum atomic E-state index is -0.609. The van der Waals surface area contributed by atoms with Gasteiger partial charge < -0.3 is 25.4 Å². The van der Waals surface area contributed by atoms with Gasteiger partial charge in [0.25, 0.3) is 11.5 Å². The summed E-state index contributed by atoms with van der Waals surface area (Å²) in [5.41, 5.74) is 2.90. The number of aryl methyl sites for hydroxylation is 1. The fourth-order valence-electron chi connectivity index (χ4n) is 5.42. The lowest BCUT2D eigenvalue weighted by molar-refractivity contribution is -0.119. The first-order valence-corrected chi connectivity index (χ1v) is 14.7. The Bertz CT molecular complexity index is 1850. The van der Waals surface area contributed by atoms with Crippen LogP contribution >= 0.6 is 23.2 Å². The lowest BCUT2D eigenvalue weighted by Gasteiger charge is -2.18. The third-order valence-electron chi connectivity index (χ3n) is 7.69. The van der Waals surface area contributed by atoms with Crippen molar-refractivity contribution in [2.75, 3.05) is 25.6 Å². The first-order chi connectivity index (χ1) is 21.2. The fourth-order valence-corrected chi connectivity index (χ4v) is 6.02. The number of pyridine rings is 1. The van der Waals surface area contributed by atoms with Gasteiger partial charge in [0.1, 0.15) is 17.9 Å². The third kappa shape index (κ3) is 5.61. The number of nitrogens with one attached hydrogen (secondary N) is 3. The zero-order chi connectivity index (χ0) is 31.0. The first kappa shape index (κ1) is 29.6. The summed E-state index contributed by atoms with van der Waals surface area (Å²) in [5.74, 6) is 0.500. The summed E-state index contributed by atoms with van der Waals surface area (Å²) in [6, 6.07) is 13.8. The van der Waals surface area contributed by atoms with E-state index in [0.29, 0.717) is 64.3 Å². The van der Waals surface area contributed by atoms with Crippen molar-refractivity contribution in [1.29, 1.82) is 0 Å². The van der Waals surface area contributed by atoms with E-state index in [-0.39, 0.29) is 28.6 Å². The Labute approximate surface area is 262 Å². The summed E-state index contributed by atoms with van der Waals surface area (Å²) in [7, 11) is 3.02. The lowest BCUT2D eigenvalue weighted by atomic mass is 9.99. The van der Waals surface area contributed by atoms with E-state index < -0.39 is 11.5 Å². The summed E-state index contributed by atoms with van der Waals surface area (Å²) >= 11 is 13.8. The van der Waals surface area contributed by atoms with Gasteiger partial charge in [0.05, 0.1) is 40.1 Å². The maximum Gasteiger partial charge on any atom is 0.279 e. The summed E-state index contributed by atoms with van der Waals surface area (Å²) in [6.07, 6.45) is 2.70. The number of rotatable bonds is 8. The van der Waals surface area contributed by atoms with Gasteiger partial charge in [-0.3, -0.25) is 14.4 Å². The molecule has 44 heavy (non-hydrogen) atoms. The molecule has 2 aromatic carbocycles. The molecule has 0 bridgehead atoms. The Kier molecular flexibility index (Phi) is 8.26. The van der Waals surface area contributed by atoms with Crippen molar-refractivity contribution in [2.45, 2.75) is 24.9 Å². The van der Waals surface area contributed by atoms with E-state index in [1.54, 1.807) is 25.3 Å². The van der Waals surface area contributed by atoms with E-state index in [9.17, 15) is 14.4 Å². The van der Waals surface area contributed by atoms with Crippen molar-refractivity contribution in [2.24, 2.45) is 7.05 Å². The minimum absolute atomic E-state index is 0.0643. The van der Waals surface area contributed by atoms with E-state index in [0.717, 1.165) is 16.7 Å². The third-order valence-corrected chi connectivity index (χ3v) is 8.50. The normalized spacial score (nSPS) is 17.1. The van der Waals surface area contributed by atoms with Crippen molar-refractivity contribution in [3.8, 4) is 34.0 Å². The highest BCUT2D eigenvalue weighted by atomic mass is 35.5. The molecule has 4 heterocycles. The number of anilines is 1. The molecule has 1 saturated heterocycles. The number of benzene rings is 2. The van der Waals surface area contributed by atoms with Crippen LogP contribution in [0.2, 0.25) is 10.0 Å². The number of carbonyl (C=O) groups is 2. The second-order valence-electron chi connectivity index (χ2n) is 10.5. The summed E-state index contributed by atoms with van der Waals surface area (Å²) in [5, 5.41) is 13.6. The van der Waals surface area contributed by atoms with Gasteiger partial charge in [-0.05, 0) is 18.6 Å². The molecule has 2 aliphatic heterocycles. The zero-order valence-electron chi connectivity index (χ0n) is 23.8. The monoisotopic (exact) mass is 634 g/mol. The van der Waals surface area contributed by atoms with E-state index >= 15 is 0 Å². The molecule has 3 N–H and O–H groups in total. The minimum Gasteiger partial charge on any atom is -0.491 e. The summed E-state index contributed by atoms with van der Waals surface area (Å²) < 4.78 is 12.8. The molecule has 2 amide bonds. The molecule has 0 spiro atoms. The van der Waals surface area contributed by atoms with Gasteiger partial charge in [-0.1, -0.05) is 53.5 Å². The van der Waals surface area contributed by atoms with Gasteiger partial charge in [0.2, 0.25) is 11.8 Å². The van der Waals surface area contributed by atoms with Crippen molar-refractivity contribution in [1.82, 2.24) is 25.4 Å². The number of amides is 2. The number of methoxy groups -OCH3 is 1. The van der Waals surface area contributed by atoms with Gasteiger partial charge in [0, 0.05) is 55.0 Å². The Morgan fingerprint density at radius 2 is 1.86 bits per heavy atom. The Hall–Kier alpha value is -4.45. The quantitative estimate of drug-likeness (QED) is 0.260. The Balaban J connectivity index is 1.29. The highest BCUT2D eigenvalue weighted by Gasteiger charge is 2.32. The predicted molar refractivity (Wildman–Crippen MR) is 167 cm³/mol. The van der Waals surface area contributed by atoms with Crippen molar-refractivity contribution in [3.05, 3.63) is 86.3 Å². The maximum atomic E-state index is 12.9. The van der Waals surface area contributed by atoms with Gasteiger partial charge >= 0.3 is 0 Å².